The fraction of sp³-hybridized carbons (Fsp3) is 0.703. The van der Waals surface area contributed by atoms with Crippen molar-refractivity contribution >= 4 is 17.9 Å². The third kappa shape index (κ3) is 55.3. The first-order valence-corrected chi connectivity index (χ1v) is 29.2. The van der Waals surface area contributed by atoms with Gasteiger partial charge in [0.05, 0.1) is 0 Å². The molecule has 0 aromatic rings. The Hall–Kier alpha value is -3.67. The van der Waals surface area contributed by atoms with Crippen molar-refractivity contribution in [1.29, 1.82) is 0 Å². The van der Waals surface area contributed by atoms with E-state index in [-0.39, 0.29) is 37.5 Å². The van der Waals surface area contributed by atoms with Crippen LogP contribution in [0.15, 0.2) is 97.2 Å². The molecule has 0 N–H and O–H groups in total. The minimum Gasteiger partial charge on any atom is -0.462 e. The molecule has 0 aliphatic heterocycles. The van der Waals surface area contributed by atoms with E-state index in [1.165, 1.54) is 135 Å². The molecule has 0 amide bonds. The predicted molar refractivity (Wildman–Crippen MR) is 302 cm³/mol. The molecule has 0 aromatic carbocycles. The summed E-state index contributed by atoms with van der Waals surface area (Å²) in [5.74, 6) is -0.962. The molecule has 0 saturated heterocycles. The van der Waals surface area contributed by atoms with Crippen LogP contribution >= 0.6 is 0 Å². The maximum Gasteiger partial charge on any atom is 0.306 e. The summed E-state index contributed by atoms with van der Waals surface area (Å²) in [4.78, 5) is 38.1. The van der Waals surface area contributed by atoms with E-state index in [1.807, 2.05) is 0 Å². The summed E-state index contributed by atoms with van der Waals surface area (Å²) >= 11 is 0. The SMILES string of the molecule is CC/C=C\C/C=C\C/C=C\C/C=C\C/C=C\CCCC(=O)OC(COC(=O)CCCCCCCCCCCC)COC(=O)CCCCCCCCCCCC/C=C\C/C=C\C/C=C\CCCCCCC. The molecule has 1 atom stereocenters. The van der Waals surface area contributed by atoms with Gasteiger partial charge in [0.15, 0.2) is 6.10 Å². The first-order valence-electron chi connectivity index (χ1n) is 29.2. The third-order valence-corrected chi connectivity index (χ3v) is 12.3. The van der Waals surface area contributed by atoms with Gasteiger partial charge in [-0.3, -0.25) is 14.4 Å². The minimum absolute atomic E-state index is 0.100. The summed E-state index contributed by atoms with van der Waals surface area (Å²) in [5, 5.41) is 0. The van der Waals surface area contributed by atoms with Crippen LogP contribution in [0.1, 0.15) is 271 Å². The molecule has 0 aliphatic rings. The van der Waals surface area contributed by atoms with Gasteiger partial charge >= 0.3 is 17.9 Å². The quantitative estimate of drug-likeness (QED) is 0.0262. The Balaban J connectivity index is 4.34. The highest BCUT2D eigenvalue weighted by atomic mass is 16.6. The summed E-state index contributed by atoms with van der Waals surface area (Å²) in [6.45, 7) is 6.46. The maximum atomic E-state index is 12.8. The fourth-order valence-corrected chi connectivity index (χ4v) is 7.96. The monoisotopic (exact) mass is 973 g/mol. The third-order valence-electron chi connectivity index (χ3n) is 12.3. The first kappa shape index (κ1) is 66.3. The van der Waals surface area contributed by atoms with Crippen molar-refractivity contribution in [3.05, 3.63) is 97.2 Å². The van der Waals surface area contributed by atoms with Crippen molar-refractivity contribution in [2.24, 2.45) is 0 Å². The molecule has 6 nitrogen and oxygen atoms in total. The Morgan fingerprint density at radius 1 is 0.300 bits per heavy atom. The summed E-state index contributed by atoms with van der Waals surface area (Å²) in [6.07, 6.45) is 77.0. The zero-order valence-electron chi connectivity index (χ0n) is 45.8. The number of hydrogen-bond acceptors (Lipinski definition) is 6. The molecular weight excluding hydrogens is 865 g/mol. The molecule has 0 heterocycles. The van der Waals surface area contributed by atoms with Crippen LogP contribution in [-0.2, 0) is 28.6 Å². The zero-order valence-corrected chi connectivity index (χ0v) is 45.8. The molecule has 400 valence electrons. The van der Waals surface area contributed by atoms with Crippen molar-refractivity contribution in [2.75, 3.05) is 13.2 Å². The summed E-state index contributed by atoms with van der Waals surface area (Å²) in [6, 6.07) is 0. The second-order valence-corrected chi connectivity index (χ2v) is 19.2. The Labute approximate surface area is 432 Å². The molecule has 0 aromatic heterocycles. The average Bonchev–Trinajstić information content (AvgIpc) is 3.36. The smallest absolute Gasteiger partial charge is 0.306 e. The van der Waals surface area contributed by atoms with E-state index in [0.717, 1.165) is 89.9 Å². The average molecular weight is 974 g/mol. The van der Waals surface area contributed by atoms with Crippen LogP contribution in [0.4, 0.5) is 0 Å². The second-order valence-electron chi connectivity index (χ2n) is 19.2. The van der Waals surface area contributed by atoms with Gasteiger partial charge in [0.2, 0.25) is 0 Å². The molecule has 0 fully saturated rings. The minimum atomic E-state index is -0.808. The number of allylic oxidation sites excluding steroid dienone is 16. The molecule has 0 bridgehead atoms. The van der Waals surface area contributed by atoms with Gasteiger partial charge in [-0.1, -0.05) is 253 Å². The van der Waals surface area contributed by atoms with Crippen molar-refractivity contribution < 1.29 is 28.6 Å². The van der Waals surface area contributed by atoms with Gasteiger partial charge in [0.1, 0.15) is 13.2 Å². The van der Waals surface area contributed by atoms with Crippen LogP contribution < -0.4 is 0 Å². The lowest BCUT2D eigenvalue weighted by molar-refractivity contribution is -0.167. The van der Waals surface area contributed by atoms with Crippen molar-refractivity contribution in [1.82, 2.24) is 0 Å². The van der Waals surface area contributed by atoms with Crippen LogP contribution in [0.2, 0.25) is 0 Å². The number of hydrogen-bond donors (Lipinski definition) is 0. The lowest BCUT2D eigenvalue weighted by atomic mass is 10.1. The van der Waals surface area contributed by atoms with Gasteiger partial charge in [-0.15, -0.1) is 0 Å². The molecule has 0 radical (unpaired) electrons. The number of carbonyl (C=O) groups is 3. The van der Waals surface area contributed by atoms with Crippen LogP contribution in [0.5, 0.6) is 0 Å². The number of rotatable bonds is 52. The Morgan fingerprint density at radius 3 is 0.914 bits per heavy atom. The molecule has 1 unspecified atom stereocenters. The summed E-state index contributed by atoms with van der Waals surface area (Å²) < 4.78 is 16.8. The van der Waals surface area contributed by atoms with E-state index in [0.29, 0.717) is 19.3 Å². The molecule has 70 heavy (non-hydrogen) atoms. The van der Waals surface area contributed by atoms with Gasteiger partial charge in [-0.25, -0.2) is 0 Å². The highest BCUT2D eigenvalue weighted by molar-refractivity contribution is 5.71. The van der Waals surface area contributed by atoms with Crippen molar-refractivity contribution in [3.8, 4) is 0 Å². The molecule has 0 aliphatic carbocycles. The fourth-order valence-electron chi connectivity index (χ4n) is 7.96. The van der Waals surface area contributed by atoms with E-state index in [1.54, 1.807) is 0 Å². The van der Waals surface area contributed by atoms with Gasteiger partial charge in [-0.05, 0) is 96.3 Å². The largest absolute Gasteiger partial charge is 0.462 e. The number of esters is 3. The van der Waals surface area contributed by atoms with Crippen molar-refractivity contribution in [2.45, 2.75) is 277 Å². The molecular formula is C64H108O6. The maximum absolute atomic E-state index is 12.8. The molecule has 0 rings (SSSR count). The standard InChI is InChI=1S/C64H108O6/c1-4-7-10-13-16-19-22-24-26-28-29-30-31-32-33-34-35-37-38-40-42-45-48-51-54-57-63(66)69-60-61(59-68-62(65)56-53-50-47-44-21-18-15-12-9-6-3)70-64(67)58-55-52-49-46-43-41-39-36-27-25-23-20-17-14-11-8-5-2/h8,11,17,20,22,24-25,27-29,31-32,39,41,46,49,61H,4-7,9-10,12-16,18-19,21,23,26,30,33-38,40,42-45,47-48,50-60H2,1-3H3/b11-8-,20-17-,24-22-,27-25-,29-28-,32-31-,41-39-,49-46-. The van der Waals surface area contributed by atoms with Crippen LogP contribution in [0, 0.1) is 0 Å². The Kier molecular flexibility index (Phi) is 54.9. The predicted octanol–water partition coefficient (Wildman–Crippen LogP) is 19.7. The summed E-state index contributed by atoms with van der Waals surface area (Å²) in [7, 11) is 0. The van der Waals surface area contributed by atoms with Crippen LogP contribution in [-0.4, -0.2) is 37.2 Å². The van der Waals surface area contributed by atoms with Gasteiger partial charge in [0.25, 0.3) is 0 Å². The number of carbonyl (C=O) groups excluding carboxylic acids is 3. The summed E-state index contributed by atoms with van der Waals surface area (Å²) in [5.41, 5.74) is 0. The first-order chi connectivity index (χ1) is 34.5. The molecule has 6 heteroatoms. The van der Waals surface area contributed by atoms with E-state index >= 15 is 0 Å². The Bertz CT molecular complexity index is 1400. The van der Waals surface area contributed by atoms with E-state index in [2.05, 4.69) is 118 Å². The zero-order chi connectivity index (χ0) is 50.7. The molecule has 0 saturated carbocycles. The van der Waals surface area contributed by atoms with Crippen LogP contribution in [0.25, 0.3) is 0 Å². The highest BCUT2D eigenvalue weighted by Crippen LogP contribution is 2.15. The van der Waals surface area contributed by atoms with E-state index in [9.17, 15) is 14.4 Å². The topological polar surface area (TPSA) is 78.9 Å². The molecule has 0 spiro atoms. The van der Waals surface area contributed by atoms with Gasteiger partial charge in [0, 0.05) is 19.3 Å². The number of unbranched alkanes of at least 4 members (excludes halogenated alkanes) is 25. The lowest BCUT2D eigenvalue weighted by Gasteiger charge is -2.18. The highest BCUT2D eigenvalue weighted by Gasteiger charge is 2.19. The van der Waals surface area contributed by atoms with Crippen LogP contribution in [0.3, 0.4) is 0 Å². The normalized spacial score (nSPS) is 12.8. The van der Waals surface area contributed by atoms with Gasteiger partial charge in [-0.2, -0.15) is 0 Å². The van der Waals surface area contributed by atoms with E-state index < -0.39 is 6.10 Å². The lowest BCUT2D eigenvalue weighted by Crippen LogP contribution is -2.30. The second kappa shape index (κ2) is 57.9. The Morgan fingerprint density at radius 2 is 0.571 bits per heavy atom. The van der Waals surface area contributed by atoms with Crippen molar-refractivity contribution in [3.63, 3.8) is 0 Å². The van der Waals surface area contributed by atoms with Gasteiger partial charge < -0.3 is 14.2 Å². The van der Waals surface area contributed by atoms with E-state index in [4.69, 9.17) is 14.2 Å². The number of ether oxygens (including phenoxy) is 3.